The van der Waals surface area contributed by atoms with E-state index in [2.05, 4.69) is 36.9 Å². The topological polar surface area (TPSA) is 91.2 Å². The predicted molar refractivity (Wildman–Crippen MR) is 147 cm³/mol. The van der Waals surface area contributed by atoms with Crippen molar-refractivity contribution in [1.29, 1.82) is 5.41 Å². The number of benzene rings is 1. The highest BCUT2D eigenvalue weighted by molar-refractivity contribution is 6.35. The molecule has 1 amide bonds. The Kier molecular flexibility index (Phi) is 5.98. The minimum Gasteiger partial charge on any atom is -0.398 e. The van der Waals surface area contributed by atoms with Crippen LogP contribution in [0.5, 0.6) is 0 Å². The number of aryl methyl sites for hydroxylation is 1. The highest BCUT2D eigenvalue weighted by Crippen LogP contribution is 2.55. The summed E-state index contributed by atoms with van der Waals surface area (Å²) >= 11 is 6.95. The van der Waals surface area contributed by atoms with Crippen molar-refractivity contribution in [3.8, 4) is 11.1 Å². The quantitative estimate of drug-likeness (QED) is 0.316. The summed E-state index contributed by atoms with van der Waals surface area (Å²) in [5.74, 6) is 0.951. The van der Waals surface area contributed by atoms with Crippen LogP contribution in [-0.4, -0.2) is 52.0 Å². The number of nitrogen functional groups attached to an aromatic ring is 1. The summed E-state index contributed by atoms with van der Waals surface area (Å²) in [6.07, 6.45) is 8.13. The zero-order valence-electron chi connectivity index (χ0n) is 21.8. The number of halogens is 1. The number of carbonyl (C=O) groups excluding carboxylic acids is 1. The summed E-state index contributed by atoms with van der Waals surface area (Å²) in [6, 6.07) is 2.12. The Labute approximate surface area is 218 Å². The molecule has 1 aromatic heterocycles. The van der Waals surface area contributed by atoms with Gasteiger partial charge in [0.2, 0.25) is 5.91 Å². The summed E-state index contributed by atoms with van der Waals surface area (Å²) in [5, 5.41) is 14.1. The molecule has 0 atom stereocenters. The van der Waals surface area contributed by atoms with Gasteiger partial charge in [-0.2, -0.15) is 5.10 Å². The van der Waals surface area contributed by atoms with Gasteiger partial charge < -0.3 is 20.9 Å². The van der Waals surface area contributed by atoms with E-state index < -0.39 is 0 Å². The van der Waals surface area contributed by atoms with E-state index in [1.54, 1.807) is 0 Å². The fraction of sp³-hybridized carbons (Fsp3) is 0.536. The van der Waals surface area contributed by atoms with Gasteiger partial charge >= 0.3 is 0 Å². The molecule has 0 radical (unpaired) electrons. The van der Waals surface area contributed by atoms with Crippen LogP contribution < -0.4 is 10.6 Å². The second kappa shape index (κ2) is 8.65. The zero-order chi connectivity index (χ0) is 26.0. The number of hydrogen-bond acceptors (Lipinski definition) is 5. The smallest absolute Gasteiger partial charge is 0.245 e. The number of piperidine rings is 1. The third kappa shape index (κ3) is 3.74. The van der Waals surface area contributed by atoms with E-state index in [1.807, 2.05) is 17.9 Å². The van der Waals surface area contributed by atoms with Crippen molar-refractivity contribution in [2.24, 2.45) is 5.41 Å². The number of hydrogen-bond donors (Lipinski definition) is 2. The number of anilines is 2. The highest BCUT2D eigenvalue weighted by atomic mass is 35.5. The number of carbonyl (C=O) groups is 1. The molecule has 3 fully saturated rings. The molecule has 36 heavy (non-hydrogen) atoms. The molecule has 2 aromatic rings. The molecule has 2 aliphatic heterocycles. The molecule has 3 heterocycles. The van der Waals surface area contributed by atoms with Crippen molar-refractivity contribution < 1.29 is 4.79 Å². The van der Waals surface area contributed by atoms with Crippen LogP contribution in [-0.2, 0) is 4.79 Å². The largest absolute Gasteiger partial charge is 0.398 e. The van der Waals surface area contributed by atoms with Gasteiger partial charge in [-0.05, 0) is 77.5 Å². The van der Waals surface area contributed by atoms with Gasteiger partial charge in [0.05, 0.1) is 11.1 Å². The molecular formula is C28H37ClN6O. The lowest BCUT2D eigenvalue weighted by atomic mass is 9.60. The second-order valence-corrected chi connectivity index (χ2v) is 12.0. The van der Waals surface area contributed by atoms with E-state index in [9.17, 15) is 4.79 Å². The Morgan fingerprint density at radius 2 is 1.94 bits per heavy atom. The van der Waals surface area contributed by atoms with Crippen LogP contribution in [0.3, 0.4) is 0 Å². The fourth-order valence-corrected chi connectivity index (χ4v) is 6.90. The Morgan fingerprint density at radius 3 is 2.56 bits per heavy atom. The maximum absolute atomic E-state index is 12.0. The monoisotopic (exact) mass is 508 g/mol. The van der Waals surface area contributed by atoms with Crippen molar-refractivity contribution in [3.05, 3.63) is 40.6 Å². The molecule has 0 unspecified atom stereocenters. The molecule has 2 saturated heterocycles. The summed E-state index contributed by atoms with van der Waals surface area (Å²) in [6.45, 7) is 14.8. The highest BCUT2D eigenvalue weighted by Gasteiger charge is 2.54. The first-order valence-electron chi connectivity index (χ1n) is 12.9. The molecule has 5 rings (SSSR count). The standard InChI is InChI=1S/C28H37ClN6O/c1-6-22(36)33-15-28(16-33)12-19(13-28)35-18(3)23(24-20(14-30)21(31)11-17(2)25(24)29)26(32-35)34-10-8-7-9-27(34,4)5/h6,11,14,19,30H,1,7-10,12-13,15-16,31H2,2-5H3. The summed E-state index contributed by atoms with van der Waals surface area (Å²) in [4.78, 5) is 16.3. The van der Waals surface area contributed by atoms with Crippen LogP contribution in [0, 0.1) is 24.7 Å². The summed E-state index contributed by atoms with van der Waals surface area (Å²) < 4.78 is 2.18. The van der Waals surface area contributed by atoms with Gasteiger partial charge in [0.1, 0.15) is 0 Å². The molecule has 8 heteroatoms. The summed E-state index contributed by atoms with van der Waals surface area (Å²) in [5.41, 5.74) is 11.5. The Balaban J connectivity index is 1.59. The molecule has 1 spiro atoms. The van der Waals surface area contributed by atoms with Crippen LogP contribution in [0.25, 0.3) is 11.1 Å². The lowest BCUT2D eigenvalue weighted by molar-refractivity contribution is -0.149. The first-order chi connectivity index (χ1) is 17.0. The molecule has 192 valence electrons. The third-order valence-corrected chi connectivity index (χ3v) is 9.16. The normalized spacial score (nSPS) is 20.7. The number of nitrogens with two attached hydrogens (primary N) is 1. The van der Waals surface area contributed by atoms with Gasteiger partial charge in [-0.3, -0.25) is 9.48 Å². The van der Waals surface area contributed by atoms with E-state index >= 15 is 0 Å². The van der Waals surface area contributed by atoms with E-state index in [4.69, 9.17) is 27.8 Å². The van der Waals surface area contributed by atoms with Gasteiger partial charge in [0, 0.05) is 64.9 Å². The van der Waals surface area contributed by atoms with Gasteiger partial charge in [-0.15, -0.1) is 0 Å². The van der Waals surface area contributed by atoms with Crippen LogP contribution in [0.4, 0.5) is 11.5 Å². The zero-order valence-corrected chi connectivity index (χ0v) is 22.6. The van der Waals surface area contributed by atoms with Crippen molar-refractivity contribution >= 4 is 35.2 Å². The van der Waals surface area contributed by atoms with Crippen LogP contribution in [0.2, 0.25) is 5.02 Å². The van der Waals surface area contributed by atoms with Crippen molar-refractivity contribution in [2.45, 2.75) is 71.4 Å². The van der Waals surface area contributed by atoms with Crippen molar-refractivity contribution in [2.75, 3.05) is 30.3 Å². The third-order valence-electron chi connectivity index (χ3n) is 8.67. The fourth-order valence-electron chi connectivity index (χ4n) is 6.65. The van der Waals surface area contributed by atoms with E-state index in [1.165, 1.54) is 18.7 Å². The molecule has 0 bridgehead atoms. The average Bonchev–Trinajstić information content (AvgIpc) is 3.09. The SMILES string of the molecule is C=CC(=O)N1CC2(CC(n3nc(N4CCCCC4(C)C)c(-c4c(Cl)c(C)cc(N)c4C=N)c3C)C2)C1. The number of aromatic nitrogens is 2. The van der Waals surface area contributed by atoms with Gasteiger partial charge in [0.15, 0.2) is 5.82 Å². The Morgan fingerprint density at radius 1 is 1.25 bits per heavy atom. The molecular weight excluding hydrogens is 472 g/mol. The summed E-state index contributed by atoms with van der Waals surface area (Å²) in [7, 11) is 0. The van der Waals surface area contributed by atoms with E-state index in [0.29, 0.717) is 16.3 Å². The minimum absolute atomic E-state index is 0.0158. The molecule has 1 saturated carbocycles. The molecule has 1 aromatic carbocycles. The lowest BCUT2D eigenvalue weighted by Gasteiger charge is -2.58. The van der Waals surface area contributed by atoms with Crippen LogP contribution in [0.15, 0.2) is 18.7 Å². The van der Waals surface area contributed by atoms with Gasteiger partial charge in [0.25, 0.3) is 0 Å². The maximum Gasteiger partial charge on any atom is 0.245 e. The van der Waals surface area contributed by atoms with Gasteiger partial charge in [-0.25, -0.2) is 0 Å². The van der Waals surface area contributed by atoms with E-state index in [0.717, 1.165) is 73.5 Å². The first-order valence-corrected chi connectivity index (χ1v) is 13.3. The maximum atomic E-state index is 12.0. The number of rotatable bonds is 5. The first kappa shape index (κ1) is 24.9. The van der Waals surface area contributed by atoms with E-state index in [-0.39, 0.29) is 22.9 Å². The number of amides is 1. The number of likely N-dealkylation sites (tertiary alicyclic amines) is 1. The van der Waals surface area contributed by atoms with Crippen molar-refractivity contribution in [1.82, 2.24) is 14.7 Å². The molecule has 3 aliphatic rings. The predicted octanol–water partition coefficient (Wildman–Crippen LogP) is 5.52. The minimum atomic E-state index is -0.0360. The average molecular weight is 509 g/mol. The molecule has 7 nitrogen and oxygen atoms in total. The molecule has 3 N–H and O–H groups in total. The van der Waals surface area contributed by atoms with Crippen molar-refractivity contribution in [3.63, 3.8) is 0 Å². The number of nitrogens with one attached hydrogen (secondary N) is 1. The molecule has 1 aliphatic carbocycles. The second-order valence-electron chi connectivity index (χ2n) is 11.6. The lowest BCUT2D eigenvalue weighted by Crippen LogP contribution is -2.63. The van der Waals surface area contributed by atoms with Crippen LogP contribution in [0.1, 0.15) is 68.8 Å². The Bertz CT molecular complexity index is 1250. The number of nitrogens with zero attached hydrogens (tertiary/aromatic N) is 4. The van der Waals surface area contributed by atoms with Crippen LogP contribution >= 0.6 is 11.6 Å². The van der Waals surface area contributed by atoms with Gasteiger partial charge in [-0.1, -0.05) is 18.2 Å². The Hall–Kier alpha value is -2.80.